The molecular formula is C16H14F16O3. The van der Waals surface area contributed by atoms with E-state index in [-0.39, 0.29) is 0 Å². The lowest BCUT2D eigenvalue weighted by Gasteiger charge is -2.45. The van der Waals surface area contributed by atoms with Crippen LogP contribution < -0.4 is 0 Å². The first-order chi connectivity index (χ1) is 15.5. The van der Waals surface area contributed by atoms with Gasteiger partial charge < -0.3 is 9.47 Å². The Balaban J connectivity index is 2.65. The number of epoxide rings is 2. The van der Waals surface area contributed by atoms with Crippen molar-refractivity contribution < 1.29 is 84.5 Å². The third kappa shape index (κ3) is 4.75. The number of rotatable bonds is 14. The van der Waals surface area contributed by atoms with Crippen molar-refractivity contribution in [3.63, 3.8) is 0 Å². The molecule has 0 aromatic carbocycles. The first-order valence-corrected chi connectivity index (χ1v) is 9.18. The van der Waals surface area contributed by atoms with E-state index >= 15 is 8.78 Å². The summed E-state index contributed by atoms with van der Waals surface area (Å²) in [6.07, 6.45) is -9.08. The summed E-state index contributed by atoms with van der Waals surface area (Å²) in [6, 6.07) is 0. The van der Waals surface area contributed by atoms with Gasteiger partial charge in [-0.05, 0) is 0 Å². The summed E-state index contributed by atoms with van der Waals surface area (Å²) in [5.74, 6) is -53.8. The van der Waals surface area contributed by atoms with E-state index < -0.39 is 98.9 Å². The molecule has 2 aliphatic heterocycles. The van der Waals surface area contributed by atoms with E-state index in [2.05, 4.69) is 14.2 Å². The molecular weight excluding hydrogens is 544 g/mol. The van der Waals surface area contributed by atoms with Crippen LogP contribution in [-0.2, 0) is 14.2 Å². The second-order valence-electron chi connectivity index (χ2n) is 7.85. The molecule has 4 unspecified atom stereocenters. The number of halogens is 16. The standard InChI is InChI=1S/C16H14F16O3/c17-5-9(19,20)13(25,26)15(29,30)11(23,1-7-3-33-7)35-12(24,2-8-4-34-8)16(31,32)14(27,28)10(21,22)6-18/h7-8H,1-6H2. The Morgan fingerprint density at radius 2 is 0.771 bits per heavy atom. The third-order valence-corrected chi connectivity index (χ3v) is 5.09. The topological polar surface area (TPSA) is 34.3 Å². The minimum atomic E-state index is -7.18. The molecule has 0 aliphatic carbocycles. The van der Waals surface area contributed by atoms with Gasteiger partial charge in [-0.1, -0.05) is 0 Å². The second-order valence-corrected chi connectivity index (χ2v) is 7.85. The quantitative estimate of drug-likeness (QED) is 0.204. The molecule has 2 saturated heterocycles. The van der Waals surface area contributed by atoms with Crippen molar-refractivity contribution in [3.05, 3.63) is 0 Å². The van der Waals surface area contributed by atoms with Gasteiger partial charge in [0.05, 0.1) is 25.4 Å². The molecule has 0 bridgehead atoms. The molecule has 2 fully saturated rings. The van der Waals surface area contributed by atoms with Crippen LogP contribution in [0, 0.1) is 0 Å². The van der Waals surface area contributed by atoms with E-state index in [1.54, 1.807) is 0 Å². The molecule has 2 heterocycles. The molecule has 0 spiro atoms. The van der Waals surface area contributed by atoms with Gasteiger partial charge in [-0.15, -0.1) is 0 Å². The van der Waals surface area contributed by atoms with Crippen LogP contribution in [0.1, 0.15) is 12.8 Å². The van der Waals surface area contributed by atoms with E-state index in [9.17, 15) is 61.5 Å². The summed E-state index contributed by atoms with van der Waals surface area (Å²) in [5.41, 5.74) is 0. The maximum absolute atomic E-state index is 15.2. The van der Waals surface area contributed by atoms with Crippen LogP contribution in [0.25, 0.3) is 0 Å². The van der Waals surface area contributed by atoms with Gasteiger partial charge >= 0.3 is 35.5 Å². The van der Waals surface area contributed by atoms with Crippen molar-refractivity contribution in [2.45, 2.75) is 72.3 Å². The summed E-state index contributed by atoms with van der Waals surface area (Å²) in [6.45, 7) is -8.90. The molecule has 3 nitrogen and oxygen atoms in total. The predicted molar refractivity (Wildman–Crippen MR) is 79.1 cm³/mol. The van der Waals surface area contributed by atoms with E-state index in [0.29, 0.717) is 0 Å². The molecule has 2 aliphatic rings. The maximum Gasteiger partial charge on any atom is 0.380 e. The van der Waals surface area contributed by atoms with Crippen LogP contribution in [0.15, 0.2) is 0 Å². The Morgan fingerprint density at radius 3 is 0.971 bits per heavy atom. The molecule has 0 saturated carbocycles. The summed E-state index contributed by atoms with van der Waals surface area (Å²) < 4.78 is 232. The summed E-state index contributed by atoms with van der Waals surface area (Å²) in [4.78, 5) is 0. The van der Waals surface area contributed by atoms with Crippen LogP contribution in [0.3, 0.4) is 0 Å². The number of ether oxygens (including phenoxy) is 3. The van der Waals surface area contributed by atoms with E-state index in [4.69, 9.17) is 0 Å². The van der Waals surface area contributed by atoms with Gasteiger partial charge in [0.15, 0.2) is 13.3 Å². The van der Waals surface area contributed by atoms with Crippen LogP contribution in [0.2, 0.25) is 0 Å². The normalized spacial score (nSPS) is 25.7. The lowest BCUT2D eigenvalue weighted by Crippen LogP contribution is -2.71. The number of hydrogen-bond donors (Lipinski definition) is 0. The largest absolute Gasteiger partial charge is 0.380 e. The third-order valence-electron chi connectivity index (χ3n) is 5.09. The van der Waals surface area contributed by atoms with E-state index in [1.807, 2.05) is 0 Å². The summed E-state index contributed by atoms with van der Waals surface area (Å²) >= 11 is 0. The molecule has 19 heteroatoms. The average molecular weight is 558 g/mol. The Morgan fingerprint density at radius 1 is 0.514 bits per heavy atom. The van der Waals surface area contributed by atoms with Gasteiger partial charge in [-0.2, -0.15) is 52.7 Å². The first kappa shape index (κ1) is 30.0. The number of hydrogen-bond acceptors (Lipinski definition) is 3. The zero-order valence-electron chi connectivity index (χ0n) is 16.7. The highest BCUT2D eigenvalue weighted by molar-refractivity contribution is 5.10. The summed E-state index contributed by atoms with van der Waals surface area (Å²) in [5, 5.41) is 0. The van der Waals surface area contributed by atoms with Crippen molar-refractivity contribution in [3.8, 4) is 0 Å². The zero-order chi connectivity index (χ0) is 27.5. The minimum Gasteiger partial charge on any atom is -0.373 e. The van der Waals surface area contributed by atoms with Crippen LogP contribution >= 0.6 is 0 Å². The zero-order valence-corrected chi connectivity index (χ0v) is 16.7. The van der Waals surface area contributed by atoms with Crippen molar-refractivity contribution in [1.29, 1.82) is 0 Å². The SMILES string of the molecule is FCC(F)(F)C(F)(F)C(F)(F)C(F)(CC1CO1)OC(F)(CC1CO1)C(F)(F)C(F)(F)C(F)(F)CF. The fourth-order valence-corrected chi connectivity index (χ4v) is 2.78. The number of alkyl halides is 16. The monoisotopic (exact) mass is 558 g/mol. The highest BCUT2D eigenvalue weighted by Crippen LogP contribution is 2.60. The van der Waals surface area contributed by atoms with Crippen LogP contribution in [0.4, 0.5) is 70.2 Å². The Bertz CT molecular complexity index is 706. The summed E-state index contributed by atoms with van der Waals surface area (Å²) in [7, 11) is 0. The fourth-order valence-electron chi connectivity index (χ4n) is 2.78. The first-order valence-electron chi connectivity index (χ1n) is 9.18. The van der Waals surface area contributed by atoms with Crippen LogP contribution in [-0.4, -0.2) is 86.0 Å². The van der Waals surface area contributed by atoms with Crippen molar-refractivity contribution in [2.75, 3.05) is 26.6 Å². The highest BCUT2D eigenvalue weighted by atomic mass is 19.4. The maximum atomic E-state index is 15.2. The molecule has 0 amide bonds. The Kier molecular flexibility index (Phi) is 7.42. The average Bonchev–Trinajstić information content (AvgIpc) is 3.64. The van der Waals surface area contributed by atoms with Gasteiger partial charge in [-0.25, -0.2) is 17.6 Å². The van der Waals surface area contributed by atoms with Gasteiger partial charge in [-0.3, -0.25) is 4.74 Å². The van der Waals surface area contributed by atoms with Gasteiger partial charge in [0.2, 0.25) is 0 Å². The van der Waals surface area contributed by atoms with Gasteiger partial charge in [0.1, 0.15) is 0 Å². The molecule has 0 aromatic heterocycles. The fraction of sp³-hybridized carbons (Fsp3) is 1.00. The van der Waals surface area contributed by atoms with Crippen molar-refractivity contribution >= 4 is 0 Å². The molecule has 2 rings (SSSR count). The van der Waals surface area contributed by atoms with E-state index in [1.165, 1.54) is 0 Å². The molecule has 4 atom stereocenters. The molecule has 0 aromatic rings. The van der Waals surface area contributed by atoms with Gasteiger partial charge in [0.25, 0.3) is 11.7 Å². The lowest BCUT2D eigenvalue weighted by atomic mass is 9.91. The van der Waals surface area contributed by atoms with Gasteiger partial charge in [0, 0.05) is 12.8 Å². The minimum absolute atomic E-state index is 0.853. The predicted octanol–water partition coefficient (Wildman–Crippen LogP) is 5.66. The second kappa shape index (κ2) is 8.66. The molecule has 208 valence electrons. The lowest BCUT2D eigenvalue weighted by molar-refractivity contribution is -0.463. The van der Waals surface area contributed by atoms with Crippen molar-refractivity contribution in [1.82, 2.24) is 0 Å². The highest BCUT2D eigenvalue weighted by Gasteiger charge is 2.86. The Hall–Kier alpha value is -1.24. The molecule has 0 N–H and O–H groups in total. The van der Waals surface area contributed by atoms with E-state index in [0.717, 1.165) is 0 Å². The molecule has 35 heavy (non-hydrogen) atoms. The van der Waals surface area contributed by atoms with Crippen LogP contribution in [0.5, 0.6) is 0 Å². The molecule has 0 radical (unpaired) electrons. The van der Waals surface area contributed by atoms with Crippen molar-refractivity contribution in [2.24, 2.45) is 0 Å². The Labute approximate surface area is 184 Å². The smallest absolute Gasteiger partial charge is 0.373 e.